The minimum Gasteiger partial charge on any atom is -0.396 e. The molecule has 1 fully saturated rings. The Kier molecular flexibility index (Phi) is 5.55. The van der Waals surface area contributed by atoms with E-state index in [1.165, 1.54) is 31.4 Å². The number of sulfonamides is 1. The Bertz CT molecular complexity index is 572. The summed E-state index contributed by atoms with van der Waals surface area (Å²) in [4.78, 5) is 2.26. The van der Waals surface area contributed by atoms with Crippen molar-refractivity contribution in [2.45, 2.75) is 30.6 Å². The minimum absolute atomic E-state index is 0.0564. The molecule has 1 aliphatic rings. The molecule has 1 aromatic carbocycles. The zero-order valence-corrected chi connectivity index (χ0v) is 12.8. The quantitative estimate of drug-likeness (QED) is 0.617. The molecule has 0 atom stereocenters. The molecule has 0 amide bonds. The molecule has 1 saturated heterocycles. The lowest BCUT2D eigenvalue weighted by atomic mass is 10.1. The lowest BCUT2D eigenvalue weighted by molar-refractivity contribution is 0.227. The van der Waals surface area contributed by atoms with Gasteiger partial charge in [-0.05, 0) is 57.1 Å². The minimum atomic E-state index is -3.67. The van der Waals surface area contributed by atoms with Crippen molar-refractivity contribution in [3.05, 3.63) is 24.0 Å². The first-order valence-corrected chi connectivity index (χ1v) is 8.74. The number of anilines is 1. The third-order valence-electron chi connectivity index (χ3n) is 3.67. The van der Waals surface area contributed by atoms with E-state index in [9.17, 15) is 12.8 Å². The van der Waals surface area contributed by atoms with E-state index in [-0.39, 0.29) is 10.6 Å². The maximum absolute atomic E-state index is 13.3. The monoisotopic (exact) mass is 315 g/mol. The van der Waals surface area contributed by atoms with E-state index in [0.29, 0.717) is 6.54 Å². The molecule has 0 aromatic heterocycles. The zero-order chi connectivity index (χ0) is 15.3. The van der Waals surface area contributed by atoms with Crippen LogP contribution >= 0.6 is 0 Å². The van der Waals surface area contributed by atoms with Crippen LogP contribution in [0.3, 0.4) is 0 Å². The van der Waals surface area contributed by atoms with Gasteiger partial charge in [-0.15, -0.1) is 0 Å². The van der Waals surface area contributed by atoms with Crippen LogP contribution in [0.1, 0.15) is 25.7 Å². The van der Waals surface area contributed by atoms with Crippen LogP contribution in [0.2, 0.25) is 0 Å². The number of nitrogen functional groups attached to an aromatic ring is 1. The summed E-state index contributed by atoms with van der Waals surface area (Å²) in [6.45, 7) is 3.43. The van der Waals surface area contributed by atoms with E-state index in [2.05, 4.69) is 9.62 Å². The van der Waals surface area contributed by atoms with Gasteiger partial charge in [0.05, 0.1) is 10.6 Å². The van der Waals surface area contributed by atoms with E-state index in [1.54, 1.807) is 0 Å². The van der Waals surface area contributed by atoms with Gasteiger partial charge >= 0.3 is 0 Å². The van der Waals surface area contributed by atoms with Crippen LogP contribution in [0.15, 0.2) is 23.1 Å². The van der Waals surface area contributed by atoms with E-state index in [0.717, 1.165) is 32.1 Å². The Hall–Kier alpha value is -1.18. The Morgan fingerprint density at radius 3 is 2.62 bits per heavy atom. The summed E-state index contributed by atoms with van der Waals surface area (Å²) >= 11 is 0. The van der Waals surface area contributed by atoms with Crippen LogP contribution in [-0.4, -0.2) is 39.5 Å². The Morgan fingerprint density at radius 1 is 1.24 bits per heavy atom. The van der Waals surface area contributed by atoms with Gasteiger partial charge in [0.25, 0.3) is 0 Å². The van der Waals surface area contributed by atoms with Crippen molar-refractivity contribution < 1.29 is 12.8 Å². The molecule has 2 rings (SSSR count). The highest BCUT2D eigenvalue weighted by molar-refractivity contribution is 7.89. The van der Waals surface area contributed by atoms with Crippen molar-refractivity contribution in [2.75, 3.05) is 31.9 Å². The summed E-state index contributed by atoms with van der Waals surface area (Å²) in [5.74, 6) is -0.716. The number of likely N-dealkylation sites (tertiary alicyclic amines) is 1. The number of nitrogens with two attached hydrogens (primary N) is 1. The number of nitrogens with zero attached hydrogens (tertiary/aromatic N) is 1. The molecule has 3 N–H and O–H groups in total. The third kappa shape index (κ3) is 4.66. The number of hydrogen-bond donors (Lipinski definition) is 2. The third-order valence-corrected chi connectivity index (χ3v) is 5.13. The molecular weight excluding hydrogens is 293 g/mol. The number of piperidine rings is 1. The first-order valence-electron chi connectivity index (χ1n) is 7.26. The molecule has 0 aliphatic carbocycles. The summed E-state index contributed by atoms with van der Waals surface area (Å²) < 4.78 is 39.8. The fourth-order valence-electron chi connectivity index (χ4n) is 2.45. The van der Waals surface area contributed by atoms with Crippen LogP contribution in [-0.2, 0) is 10.0 Å². The number of benzene rings is 1. The van der Waals surface area contributed by atoms with Gasteiger partial charge < -0.3 is 10.6 Å². The average Bonchev–Trinajstić information content (AvgIpc) is 2.47. The first kappa shape index (κ1) is 16.2. The second kappa shape index (κ2) is 7.20. The molecule has 1 heterocycles. The SMILES string of the molecule is Nc1ccc(S(=O)(=O)NCCCN2CCCCC2)cc1F. The zero-order valence-electron chi connectivity index (χ0n) is 12.0. The molecule has 0 radical (unpaired) electrons. The van der Waals surface area contributed by atoms with E-state index in [4.69, 9.17) is 5.73 Å². The highest BCUT2D eigenvalue weighted by atomic mass is 32.2. The molecule has 21 heavy (non-hydrogen) atoms. The highest BCUT2D eigenvalue weighted by Gasteiger charge is 2.15. The number of halogens is 1. The number of rotatable bonds is 6. The van der Waals surface area contributed by atoms with Crippen molar-refractivity contribution in [3.63, 3.8) is 0 Å². The molecule has 0 spiro atoms. The average molecular weight is 315 g/mol. The lowest BCUT2D eigenvalue weighted by Crippen LogP contribution is -2.33. The largest absolute Gasteiger partial charge is 0.396 e. The summed E-state index contributed by atoms with van der Waals surface area (Å²) in [5, 5.41) is 0. The summed E-state index contributed by atoms with van der Waals surface area (Å²) in [5.41, 5.74) is 5.28. The van der Waals surface area contributed by atoms with Gasteiger partial charge in [-0.25, -0.2) is 17.5 Å². The van der Waals surface area contributed by atoms with Gasteiger partial charge in [0.15, 0.2) is 0 Å². The fourth-order valence-corrected chi connectivity index (χ4v) is 3.54. The van der Waals surface area contributed by atoms with Gasteiger partial charge in [0, 0.05) is 6.54 Å². The van der Waals surface area contributed by atoms with Gasteiger partial charge in [-0.3, -0.25) is 0 Å². The first-order chi connectivity index (χ1) is 9.99. The van der Waals surface area contributed by atoms with Gasteiger partial charge in [0.1, 0.15) is 5.82 Å². The van der Waals surface area contributed by atoms with E-state index in [1.807, 2.05) is 0 Å². The molecule has 118 valence electrons. The Morgan fingerprint density at radius 2 is 1.95 bits per heavy atom. The van der Waals surface area contributed by atoms with Crippen LogP contribution in [0, 0.1) is 5.82 Å². The summed E-state index contributed by atoms with van der Waals surface area (Å²) in [7, 11) is -3.67. The fraction of sp³-hybridized carbons (Fsp3) is 0.571. The second-order valence-electron chi connectivity index (χ2n) is 5.34. The predicted octanol–water partition coefficient (Wildman–Crippen LogP) is 1.56. The van der Waals surface area contributed by atoms with Crippen molar-refractivity contribution >= 4 is 15.7 Å². The Labute approximate surface area is 125 Å². The molecule has 7 heteroatoms. The van der Waals surface area contributed by atoms with Crippen molar-refractivity contribution in [1.82, 2.24) is 9.62 Å². The molecule has 1 aromatic rings. The van der Waals surface area contributed by atoms with Gasteiger partial charge in [0.2, 0.25) is 10.0 Å². The summed E-state index contributed by atoms with van der Waals surface area (Å²) in [6.07, 6.45) is 4.47. The van der Waals surface area contributed by atoms with Gasteiger partial charge in [-0.1, -0.05) is 6.42 Å². The molecular formula is C14H22FN3O2S. The second-order valence-corrected chi connectivity index (χ2v) is 7.10. The molecule has 0 unspecified atom stereocenters. The maximum Gasteiger partial charge on any atom is 0.240 e. The molecule has 0 bridgehead atoms. The molecule has 1 aliphatic heterocycles. The molecule has 0 saturated carbocycles. The van der Waals surface area contributed by atoms with Crippen LogP contribution in [0.25, 0.3) is 0 Å². The molecule has 5 nitrogen and oxygen atoms in total. The predicted molar refractivity (Wildman–Crippen MR) is 80.9 cm³/mol. The van der Waals surface area contributed by atoms with Crippen LogP contribution < -0.4 is 10.5 Å². The normalized spacial score (nSPS) is 17.0. The van der Waals surface area contributed by atoms with Crippen LogP contribution in [0.5, 0.6) is 0 Å². The summed E-state index contributed by atoms with van der Waals surface area (Å²) in [6, 6.07) is 3.52. The topological polar surface area (TPSA) is 75.4 Å². The smallest absolute Gasteiger partial charge is 0.240 e. The lowest BCUT2D eigenvalue weighted by Gasteiger charge is -2.26. The Balaban J connectivity index is 1.82. The van der Waals surface area contributed by atoms with Gasteiger partial charge in [-0.2, -0.15) is 0 Å². The number of hydrogen-bond acceptors (Lipinski definition) is 4. The van der Waals surface area contributed by atoms with Crippen molar-refractivity contribution in [2.24, 2.45) is 0 Å². The highest BCUT2D eigenvalue weighted by Crippen LogP contribution is 2.16. The maximum atomic E-state index is 13.3. The number of nitrogens with one attached hydrogen (secondary N) is 1. The van der Waals surface area contributed by atoms with Crippen molar-refractivity contribution in [1.29, 1.82) is 0 Å². The van der Waals surface area contributed by atoms with Crippen LogP contribution in [0.4, 0.5) is 10.1 Å². The van der Waals surface area contributed by atoms with E-state index >= 15 is 0 Å². The standard InChI is InChI=1S/C14H22FN3O2S/c15-13-11-12(5-6-14(13)16)21(19,20)17-7-4-10-18-8-2-1-3-9-18/h5-6,11,17H,1-4,7-10,16H2. The van der Waals surface area contributed by atoms with E-state index < -0.39 is 15.8 Å². The van der Waals surface area contributed by atoms with Crippen molar-refractivity contribution in [3.8, 4) is 0 Å².